The summed E-state index contributed by atoms with van der Waals surface area (Å²) in [5.41, 5.74) is 0.956. The molecule has 0 unspecified atom stereocenters. The predicted molar refractivity (Wildman–Crippen MR) is 111 cm³/mol. The second-order valence-electron chi connectivity index (χ2n) is 7.51. The Morgan fingerprint density at radius 1 is 1.21 bits per heavy atom. The highest BCUT2D eigenvalue weighted by atomic mass is 19.4. The van der Waals surface area contributed by atoms with Crippen LogP contribution in [0.25, 0.3) is 33.6 Å². The molecule has 0 radical (unpaired) electrons. The van der Waals surface area contributed by atoms with E-state index in [1.54, 1.807) is 29.8 Å². The number of H-pyrrole nitrogens is 1. The molecule has 33 heavy (non-hydrogen) atoms. The van der Waals surface area contributed by atoms with Crippen LogP contribution in [0.4, 0.5) is 13.2 Å². The van der Waals surface area contributed by atoms with Gasteiger partial charge in [0.05, 0.1) is 28.0 Å². The van der Waals surface area contributed by atoms with E-state index >= 15 is 0 Å². The summed E-state index contributed by atoms with van der Waals surface area (Å²) < 4.78 is 46.0. The monoisotopic (exact) mass is 455 g/mol. The number of benzene rings is 1. The van der Waals surface area contributed by atoms with Crippen LogP contribution in [0.15, 0.2) is 47.4 Å². The fraction of sp³-hybridized carbons (Fsp3) is 0.190. The number of carbonyl (C=O) groups is 1. The number of alkyl halides is 3. The lowest BCUT2D eigenvalue weighted by Gasteiger charge is -2.10. The number of halogens is 3. The number of hydrogen-bond acceptors (Lipinski definition) is 6. The summed E-state index contributed by atoms with van der Waals surface area (Å²) in [5, 5.41) is 7.35. The average molecular weight is 455 g/mol. The zero-order valence-electron chi connectivity index (χ0n) is 17.3. The first-order valence-corrected chi connectivity index (χ1v) is 9.81. The Labute approximate surface area is 183 Å². The summed E-state index contributed by atoms with van der Waals surface area (Å²) in [6.07, 6.45) is -1.35. The molecular formula is C21H16F3N7O2. The van der Waals surface area contributed by atoms with E-state index in [2.05, 4.69) is 30.4 Å². The van der Waals surface area contributed by atoms with E-state index in [1.165, 1.54) is 12.4 Å². The number of aryl methyl sites for hydroxylation is 1. The van der Waals surface area contributed by atoms with E-state index in [0.717, 1.165) is 12.1 Å². The van der Waals surface area contributed by atoms with Crippen LogP contribution in [0.2, 0.25) is 0 Å². The smallest absolute Gasteiger partial charge is 0.358 e. The highest BCUT2D eigenvalue weighted by Crippen LogP contribution is 2.32. The molecular weight excluding hydrogens is 439 g/mol. The third-order valence-corrected chi connectivity index (χ3v) is 5.23. The standard InChI is InChI=1S/C21H16F3N7O2/c1-10(27-20(32)17-12-5-6-31(2)19(12)26-9-25-17)16-8-15(30-33-16)18-28-13-4-3-11(21(22,23)24)7-14(13)29-18/h3-10H,1-2H3,(H,27,32)(H,28,29)/t10-/m1/s1. The molecule has 5 aromatic rings. The summed E-state index contributed by atoms with van der Waals surface area (Å²) >= 11 is 0. The third kappa shape index (κ3) is 3.69. The Balaban J connectivity index is 1.37. The number of nitrogens with one attached hydrogen (secondary N) is 2. The molecule has 0 aliphatic heterocycles. The SMILES string of the molecule is C[C@@H](NC(=O)c1ncnc2c1ccn2C)c1cc(-c2nc3ccc(C(F)(F)F)cc3[nH]2)no1. The predicted octanol–water partition coefficient (Wildman–Crippen LogP) is 4.01. The van der Waals surface area contributed by atoms with Crippen LogP contribution in [0.1, 0.15) is 34.8 Å². The van der Waals surface area contributed by atoms with E-state index in [9.17, 15) is 18.0 Å². The van der Waals surface area contributed by atoms with Gasteiger partial charge in [0.25, 0.3) is 5.91 Å². The zero-order valence-corrected chi connectivity index (χ0v) is 17.3. The average Bonchev–Trinajstić information content (AvgIpc) is 3.50. The van der Waals surface area contributed by atoms with Gasteiger partial charge in [0.15, 0.2) is 11.6 Å². The molecule has 4 aromatic heterocycles. The van der Waals surface area contributed by atoms with Crippen LogP contribution in [0.5, 0.6) is 0 Å². The first-order valence-electron chi connectivity index (χ1n) is 9.81. The van der Waals surface area contributed by atoms with Gasteiger partial charge >= 0.3 is 6.18 Å². The van der Waals surface area contributed by atoms with Gasteiger partial charge in [-0.3, -0.25) is 4.79 Å². The van der Waals surface area contributed by atoms with Gasteiger partial charge in [0.2, 0.25) is 0 Å². The molecule has 9 nitrogen and oxygen atoms in total. The summed E-state index contributed by atoms with van der Waals surface area (Å²) in [6, 6.07) is 6.00. The van der Waals surface area contributed by atoms with Crippen LogP contribution in [0, 0.1) is 0 Å². The van der Waals surface area contributed by atoms with E-state index < -0.39 is 23.7 Å². The van der Waals surface area contributed by atoms with Gasteiger partial charge < -0.3 is 19.4 Å². The lowest BCUT2D eigenvalue weighted by molar-refractivity contribution is -0.137. The van der Waals surface area contributed by atoms with Crippen molar-refractivity contribution in [1.82, 2.24) is 35.0 Å². The van der Waals surface area contributed by atoms with Crippen molar-refractivity contribution >= 4 is 28.0 Å². The van der Waals surface area contributed by atoms with Crippen molar-refractivity contribution in [3.05, 3.63) is 59.9 Å². The lowest BCUT2D eigenvalue weighted by atomic mass is 10.2. The number of hydrogen-bond donors (Lipinski definition) is 2. The highest BCUT2D eigenvalue weighted by Gasteiger charge is 2.31. The molecule has 0 bridgehead atoms. The van der Waals surface area contributed by atoms with Crippen molar-refractivity contribution in [2.75, 3.05) is 0 Å². The molecule has 0 aliphatic carbocycles. The Hall–Kier alpha value is -4.22. The molecule has 0 saturated carbocycles. The number of aromatic nitrogens is 6. The Bertz CT molecular complexity index is 1500. The maximum atomic E-state index is 12.9. The van der Waals surface area contributed by atoms with Gasteiger partial charge in [-0.05, 0) is 31.2 Å². The normalized spacial score (nSPS) is 13.0. The van der Waals surface area contributed by atoms with Crippen molar-refractivity contribution in [1.29, 1.82) is 0 Å². The zero-order chi connectivity index (χ0) is 23.3. The summed E-state index contributed by atoms with van der Waals surface area (Å²) in [6.45, 7) is 1.71. The second kappa shape index (κ2) is 7.43. The summed E-state index contributed by atoms with van der Waals surface area (Å²) in [7, 11) is 1.82. The van der Waals surface area contributed by atoms with Crippen LogP contribution in [-0.2, 0) is 13.2 Å². The van der Waals surface area contributed by atoms with E-state index in [4.69, 9.17) is 4.52 Å². The van der Waals surface area contributed by atoms with Crippen molar-refractivity contribution < 1.29 is 22.5 Å². The number of fused-ring (bicyclic) bond motifs is 2. The fourth-order valence-electron chi connectivity index (χ4n) is 3.51. The topological polar surface area (TPSA) is 115 Å². The van der Waals surface area contributed by atoms with Crippen molar-refractivity contribution in [3.63, 3.8) is 0 Å². The van der Waals surface area contributed by atoms with E-state index in [0.29, 0.717) is 28.0 Å². The van der Waals surface area contributed by atoms with Crippen LogP contribution >= 0.6 is 0 Å². The van der Waals surface area contributed by atoms with Crippen LogP contribution in [0.3, 0.4) is 0 Å². The number of rotatable bonds is 4. The first-order chi connectivity index (χ1) is 15.7. The van der Waals surface area contributed by atoms with Gasteiger partial charge in [-0.2, -0.15) is 13.2 Å². The Morgan fingerprint density at radius 2 is 2.03 bits per heavy atom. The molecule has 1 atom stereocenters. The lowest BCUT2D eigenvalue weighted by Crippen LogP contribution is -2.27. The van der Waals surface area contributed by atoms with Gasteiger partial charge in [-0.15, -0.1) is 0 Å². The molecule has 1 amide bonds. The maximum absolute atomic E-state index is 12.9. The van der Waals surface area contributed by atoms with Crippen molar-refractivity contribution in [3.8, 4) is 11.5 Å². The number of amides is 1. The van der Waals surface area contributed by atoms with Gasteiger partial charge in [0.1, 0.15) is 23.4 Å². The Kier molecular flexibility index (Phi) is 4.65. The molecule has 2 N–H and O–H groups in total. The minimum absolute atomic E-state index is 0.223. The van der Waals surface area contributed by atoms with Crippen molar-refractivity contribution in [2.24, 2.45) is 7.05 Å². The molecule has 168 valence electrons. The highest BCUT2D eigenvalue weighted by molar-refractivity contribution is 6.03. The molecule has 0 fully saturated rings. The first kappa shape index (κ1) is 20.7. The second-order valence-corrected chi connectivity index (χ2v) is 7.51. The largest absolute Gasteiger partial charge is 0.416 e. The van der Waals surface area contributed by atoms with Gasteiger partial charge in [0, 0.05) is 19.3 Å². The molecule has 0 spiro atoms. The minimum Gasteiger partial charge on any atom is -0.358 e. The molecule has 5 rings (SSSR count). The summed E-state index contributed by atoms with van der Waals surface area (Å²) in [4.78, 5) is 28.1. The minimum atomic E-state index is -4.46. The van der Waals surface area contributed by atoms with Crippen LogP contribution in [-0.4, -0.2) is 35.6 Å². The number of carbonyl (C=O) groups excluding carboxylic acids is 1. The van der Waals surface area contributed by atoms with E-state index in [-0.39, 0.29) is 17.0 Å². The molecule has 0 saturated heterocycles. The molecule has 4 heterocycles. The Morgan fingerprint density at radius 3 is 2.82 bits per heavy atom. The quantitative estimate of drug-likeness (QED) is 0.423. The molecule has 0 aliphatic rings. The van der Waals surface area contributed by atoms with Crippen LogP contribution < -0.4 is 5.32 Å². The van der Waals surface area contributed by atoms with E-state index in [1.807, 2.05) is 7.05 Å². The number of nitrogens with zero attached hydrogens (tertiary/aromatic N) is 5. The summed E-state index contributed by atoms with van der Waals surface area (Å²) in [5.74, 6) is 0.176. The fourth-order valence-corrected chi connectivity index (χ4v) is 3.51. The maximum Gasteiger partial charge on any atom is 0.416 e. The number of aromatic amines is 1. The number of imidazole rings is 1. The van der Waals surface area contributed by atoms with Gasteiger partial charge in [-0.25, -0.2) is 15.0 Å². The molecule has 1 aromatic carbocycles. The van der Waals surface area contributed by atoms with Crippen molar-refractivity contribution in [2.45, 2.75) is 19.1 Å². The van der Waals surface area contributed by atoms with Gasteiger partial charge in [-0.1, -0.05) is 5.16 Å². The third-order valence-electron chi connectivity index (χ3n) is 5.23. The molecule has 12 heteroatoms.